The van der Waals surface area contributed by atoms with Gasteiger partial charge in [-0.05, 0) is 36.0 Å². The number of hydrogen-bond acceptors (Lipinski definition) is 2. The minimum absolute atomic E-state index is 0.00367. The topological polar surface area (TPSA) is 49.4 Å². The number of carbonyl (C=O) groups is 2. The van der Waals surface area contributed by atoms with Gasteiger partial charge in [0.2, 0.25) is 5.91 Å². The van der Waals surface area contributed by atoms with Crippen LogP contribution in [0.25, 0.3) is 0 Å². The number of hydrogen-bond donors (Lipinski definition) is 1. The minimum atomic E-state index is -0.515. The van der Waals surface area contributed by atoms with Crippen molar-refractivity contribution in [2.45, 2.75) is 44.7 Å². The van der Waals surface area contributed by atoms with Gasteiger partial charge in [-0.2, -0.15) is 0 Å². The number of amides is 2. The molecule has 1 saturated carbocycles. The second-order valence-corrected chi connectivity index (χ2v) is 7.65. The maximum atomic E-state index is 13.1. The Morgan fingerprint density at radius 3 is 2.44 bits per heavy atom. The number of nitrogens with zero attached hydrogens (tertiary/aromatic N) is 1. The monoisotopic (exact) mass is 362 g/mol. The van der Waals surface area contributed by atoms with Crippen LogP contribution < -0.4 is 5.32 Å². The van der Waals surface area contributed by atoms with Crippen molar-refractivity contribution in [2.75, 3.05) is 6.54 Å². The van der Waals surface area contributed by atoms with E-state index in [2.05, 4.69) is 5.32 Å². The van der Waals surface area contributed by atoms with Crippen LogP contribution in [0, 0.1) is 5.92 Å². The van der Waals surface area contributed by atoms with E-state index in [9.17, 15) is 9.59 Å². The Labute approximate surface area is 160 Å². The van der Waals surface area contributed by atoms with Crippen LogP contribution in [-0.4, -0.2) is 23.3 Å². The van der Waals surface area contributed by atoms with Crippen molar-refractivity contribution in [3.63, 3.8) is 0 Å². The van der Waals surface area contributed by atoms with Gasteiger partial charge < -0.3 is 10.2 Å². The molecule has 0 aromatic heterocycles. The molecule has 0 saturated heterocycles. The molecule has 1 unspecified atom stereocenters. The molecule has 1 fully saturated rings. The van der Waals surface area contributed by atoms with Crippen LogP contribution in [0.2, 0.25) is 0 Å². The summed E-state index contributed by atoms with van der Waals surface area (Å²) in [5.41, 5.74) is 2.57. The largest absolute Gasteiger partial charge is 0.350 e. The molecule has 2 aromatic carbocycles. The third-order valence-corrected chi connectivity index (χ3v) is 5.80. The Balaban J connectivity index is 1.54. The highest BCUT2D eigenvalue weighted by Crippen LogP contribution is 2.36. The fraction of sp³-hybridized carbons (Fsp3) is 0.391. The molecular formula is C23H26N2O2. The second kappa shape index (κ2) is 7.95. The van der Waals surface area contributed by atoms with Gasteiger partial charge in [-0.25, -0.2) is 0 Å². The molecule has 0 bridgehead atoms. The summed E-state index contributed by atoms with van der Waals surface area (Å²) < 4.78 is 0. The molecular weight excluding hydrogens is 336 g/mol. The summed E-state index contributed by atoms with van der Waals surface area (Å²) >= 11 is 0. The lowest BCUT2D eigenvalue weighted by atomic mass is 9.88. The van der Waals surface area contributed by atoms with E-state index >= 15 is 0 Å². The van der Waals surface area contributed by atoms with Crippen molar-refractivity contribution in [3.05, 3.63) is 71.3 Å². The van der Waals surface area contributed by atoms with Gasteiger partial charge in [-0.15, -0.1) is 0 Å². The molecule has 1 aliphatic heterocycles. The van der Waals surface area contributed by atoms with Crippen LogP contribution in [0.15, 0.2) is 54.6 Å². The maximum absolute atomic E-state index is 13.1. The van der Waals surface area contributed by atoms with E-state index in [1.54, 1.807) is 4.90 Å². The van der Waals surface area contributed by atoms with Gasteiger partial charge in [-0.1, -0.05) is 67.8 Å². The normalized spacial score (nSPS) is 19.8. The van der Waals surface area contributed by atoms with Gasteiger partial charge in [0, 0.05) is 18.7 Å². The number of carbonyl (C=O) groups excluding carboxylic acids is 2. The van der Waals surface area contributed by atoms with Crippen molar-refractivity contribution < 1.29 is 9.59 Å². The molecule has 2 aliphatic rings. The third kappa shape index (κ3) is 3.75. The molecule has 140 valence electrons. The Hall–Kier alpha value is -2.62. The van der Waals surface area contributed by atoms with Gasteiger partial charge in [0.15, 0.2) is 0 Å². The summed E-state index contributed by atoms with van der Waals surface area (Å²) in [5, 5.41) is 3.04. The summed E-state index contributed by atoms with van der Waals surface area (Å²) in [4.78, 5) is 27.9. The SMILES string of the molecule is O=C(NCc1ccccc1)C1c2ccccc2C(=O)N1CC1CCCCC1. The molecule has 1 aliphatic carbocycles. The van der Waals surface area contributed by atoms with E-state index in [0.29, 0.717) is 24.6 Å². The van der Waals surface area contributed by atoms with Crippen molar-refractivity contribution in [1.82, 2.24) is 10.2 Å². The van der Waals surface area contributed by atoms with E-state index in [1.807, 2.05) is 54.6 Å². The minimum Gasteiger partial charge on any atom is -0.350 e. The molecule has 2 aromatic rings. The summed E-state index contributed by atoms with van der Waals surface area (Å²) in [6, 6.07) is 16.9. The van der Waals surface area contributed by atoms with Gasteiger partial charge in [0.1, 0.15) is 6.04 Å². The van der Waals surface area contributed by atoms with Crippen LogP contribution >= 0.6 is 0 Å². The number of rotatable bonds is 5. The fourth-order valence-electron chi connectivity index (χ4n) is 4.37. The van der Waals surface area contributed by atoms with E-state index in [0.717, 1.165) is 24.0 Å². The van der Waals surface area contributed by atoms with Crippen molar-refractivity contribution in [1.29, 1.82) is 0 Å². The molecule has 1 heterocycles. The Morgan fingerprint density at radius 2 is 1.67 bits per heavy atom. The van der Waals surface area contributed by atoms with Crippen molar-refractivity contribution in [2.24, 2.45) is 5.92 Å². The van der Waals surface area contributed by atoms with Crippen LogP contribution in [0.1, 0.15) is 59.6 Å². The van der Waals surface area contributed by atoms with Crippen LogP contribution in [-0.2, 0) is 11.3 Å². The van der Waals surface area contributed by atoms with Crippen LogP contribution in [0.3, 0.4) is 0 Å². The number of benzene rings is 2. The molecule has 4 heteroatoms. The fourth-order valence-corrected chi connectivity index (χ4v) is 4.37. The zero-order valence-electron chi connectivity index (χ0n) is 15.6. The smallest absolute Gasteiger partial charge is 0.255 e. The standard InChI is InChI=1S/C23H26N2O2/c26-22(24-15-17-9-3-1-4-10-17)21-19-13-7-8-14-20(19)23(27)25(21)16-18-11-5-2-6-12-18/h1,3-4,7-10,13-14,18,21H,2,5-6,11-12,15-16H2,(H,24,26). The third-order valence-electron chi connectivity index (χ3n) is 5.80. The first-order chi connectivity index (χ1) is 13.2. The highest BCUT2D eigenvalue weighted by atomic mass is 16.2. The zero-order valence-corrected chi connectivity index (χ0v) is 15.6. The van der Waals surface area contributed by atoms with Gasteiger partial charge in [-0.3, -0.25) is 9.59 Å². The summed E-state index contributed by atoms with van der Waals surface area (Å²) in [5.74, 6) is 0.408. The van der Waals surface area contributed by atoms with Crippen molar-refractivity contribution in [3.8, 4) is 0 Å². The van der Waals surface area contributed by atoms with Gasteiger partial charge in [0.25, 0.3) is 5.91 Å². The maximum Gasteiger partial charge on any atom is 0.255 e. The summed E-state index contributed by atoms with van der Waals surface area (Å²) in [6.07, 6.45) is 6.04. The first kappa shape index (κ1) is 17.8. The lowest BCUT2D eigenvalue weighted by Gasteiger charge is -2.30. The average molecular weight is 362 g/mol. The average Bonchev–Trinajstić information content (AvgIpc) is 3.00. The molecule has 2 amide bonds. The lowest BCUT2D eigenvalue weighted by molar-refractivity contribution is -0.126. The van der Waals surface area contributed by atoms with Crippen LogP contribution in [0.4, 0.5) is 0 Å². The summed E-state index contributed by atoms with van der Waals surface area (Å²) in [7, 11) is 0. The summed E-state index contributed by atoms with van der Waals surface area (Å²) in [6.45, 7) is 1.15. The number of nitrogens with one attached hydrogen (secondary N) is 1. The Kier molecular flexibility index (Phi) is 5.23. The van der Waals surface area contributed by atoms with E-state index in [4.69, 9.17) is 0 Å². The van der Waals surface area contributed by atoms with Gasteiger partial charge >= 0.3 is 0 Å². The van der Waals surface area contributed by atoms with E-state index in [-0.39, 0.29) is 11.8 Å². The molecule has 27 heavy (non-hydrogen) atoms. The molecule has 1 N–H and O–H groups in total. The highest BCUT2D eigenvalue weighted by molar-refractivity contribution is 6.04. The Morgan fingerprint density at radius 1 is 0.963 bits per heavy atom. The number of fused-ring (bicyclic) bond motifs is 1. The predicted octanol–water partition coefficient (Wildman–Crippen LogP) is 4.08. The molecule has 0 radical (unpaired) electrons. The molecule has 4 nitrogen and oxygen atoms in total. The lowest BCUT2D eigenvalue weighted by Crippen LogP contribution is -2.41. The first-order valence-electron chi connectivity index (χ1n) is 9.95. The van der Waals surface area contributed by atoms with Crippen LogP contribution in [0.5, 0.6) is 0 Å². The highest BCUT2D eigenvalue weighted by Gasteiger charge is 2.41. The second-order valence-electron chi connectivity index (χ2n) is 7.65. The van der Waals surface area contributed by atoms with E-state index in [1.165, 1.54) is 19.3 Å². The molecule has 1 atom stereocenters. The van der Waals surface area contributed by atoms with Crippen molar-refractivity contribution >= 4 is 11.8 Å². The van der Waals surface area contributed by atoms with E-state index < -0.39 is 6.04 Å². The van der Waals surface area contributed by atoms with Gasteiger partial charge in [0.05, 0.1) is 0 Å². The zero-order chi connectivity index (χ0) is 18.6. The predicted molar refractivity (Wildman–Crippen MR) is 105 cm³/mol. The first-order valence-corrected chi connectivity index (χ1v) is 9.95. The molecule has 4 rings (SSSR count). The quantitative estimate of drug-likeness (QED) is 0.871. The Bertz CT molecular complexity index is 812. The molecule has 0 spiro atoms.